The quantitative estimate of drug-likeness (QED) is 0.788. The van der Waals surface area contributed by atoms with E-state index in [9.17, 15) is 9.59 Å². The maximum atomic E-state index is 11.7. The molecule has 1 aliphatic heterocycles. The van der Waals surface area contributed by atoms with E-state index in [1.165, 1.54) is 12.1 Å². The molecule has 1 atom stereocenters. The maximum Gasteiger partial charge on any atom is 0.319 e. The SMILES string of the molecule is NC(=O)c1ccc(NC(=O)NCC2CCOC2)cc1Cl. The highest BCUT2D eigenvalue weighted by Crippen LogP contribution is 2.20. The Hall–Kier alpha value is -1.79. The molecule has 4 N–H and O–H groups in total. The zero-order valence-electron chi connectivity index (χ0n) is 10.8. The number of carbonyl (C=O) groups is 2. The molecule has 7 heteroatoms. The highest BCUT2D eigenvalue weighted by molar-refractivity contribution is 6.34. The normalized spacial score (nSPS) is 17.8. The van der Waals surface area contributed by atoms with Gasteiger partial charge in [0.2, 0.25) is 5.91 Å². The molecule has 0 aliphatic carbocycles. The smallest absolute Gasteiger partial charge is 0.319 e. The lowest BCUT2D eigenvalue weighted by Crippen LogP contribution is -2.33. The molecule has 108 valence electrons. The van der Waals surface area contributed by atoms with Gasteiger partial charge in [-0.3, -0.25) is 4.79 Å². The van der Waals surface area contributed by atoms with Gasteiger partial charge in [0, 0.05) is 24.8 Å². The van der Waals surface area contributed by atoms with Crippen LogP contribution in [-0.2, 0) is 4.74 Å². The molecule has 1 fully saturated rings. The second kappa shape index (κ2) is 6.58. The number of rotatable bonds is 4. The molecule has 1 heterocycles. The van der Waals surface area contributed by atoms with Crippen molar-refractivity contribution in [1.29, 1.82) is 0 Å². The van der Waals surface area contributed by atoms with E-state index in [2.05, 4.69) is 10.6 Å². The van der Waals surface area contributed by atoms with Crippen molar-refractivity contribution in [2.24, 2.45) is 11.7 Å². The number of halogens is 1. The summed E-state index contributed by atoms with van der Waals surface area (Å²) in [5.41, 5.74) is 5.87. The Bertz CT molecular complexity index is 516. The first kappa shape index (κ1) is 14.6. The van der Waals surface area contributed by atoms with Crippen molar-refractivity contribution < 1.29 is 14.3 Å². The van der Waals surface area contributed by atoms with E-state index in [4.69, 9.17) is 22.1 Å². The fraction of sp³-hybridized carbons (Fsp3) is 0.385. The molecule has 1 aliphatic rings. The zero-order chi connectivity index (χ0) is 14.5. The zero-order valence-corrected chi connectivity index (χ0v) is 11.6. The molecule has 0 spiro atoms. The summed E-state index contributed by atoms with van der Waals surface area (Å²) >= 11 is 5.90. The van der Waals surface area contributed by atoms with Crippen molar-refractivity contribution >= 4 is 29.2 Å². The third-order valence-corrected chi connectivity index (χ3v) is 3.38. The molecule has 1 saturated heterocycles. The molecular weight excluding hydrogens is 282 g/mol. The standard InChI is InChI=1S/C13H16ClN3O3/c14-11-5-9(1-2-10(11)12(15)18)17-13(19)16-6-8-3-4-20-7-8/h1-2,5,8H,3-4,6-7H2,(H2,15,18)(H2,16,17,19). The molecule has 6 nitrogen and oxygen atoms in total. The minimum atomic E-state index is -0.604. The van der Waals surface area contributed by atoms with Crippen LogP contribution in [0.25, 0.3) is 0 Å². The molecule has 2 rings (SSSR count). The number of hydrogen-bond acceptors (Lipinski definition) is 3. The molecule has 20 heavy (non-hydrogen) atoms. The number of urea groups is 1. The number of hydrogen-bond donors (Lipinski definition) is 3. The Morgan fingerprint density at radius 3 is 2.85 bits per heavy atom. The second-order valence-electron chi connectivity index (χ2n) is 4.62. The molecular formula is C13H16ClN3O3. The first-order valence-corrected chi connectivity index (χ1v) is 6.66. The molecule has 0 aromatic heterocycles. The third kappa shape index (κ3) is 3.85. The second-order valence-corrected chi connectivity index (χ2v) is 5.03. The van der Waals surface area contributed by atoms with Gasteiger partial charge in [0.1, 0.15) is 0 Å². The van der Waals surface area contributed by atoms with Gasteiger partial charge in [-0.05, 0) is 24.6 Å². The largest absolute Gasteiger partial charge is 0.381 e. The molecule has 0 radical (unpaired) electrons. The highest BCUT2D eigenvalue weighted by atomic mass is 35.5. The summed E-state index contributed by atoms with van der Waals surface area (Å²) < 4.78 is 5.23. The number of anilines is 1. The number of nitrogens with two attached hydrogens (primary N) is 1. The van der Waals surface area contributed by atoms with Gasteiger partial charge >= 0.3 is 6.03 Å². The lowest BCUT2D eigenvalue weighted by molar-refractivity contribution is 0.100. The van der Waals surface area contributed by atoms with Crippen molar-refractivity contribution in [1.82, 2.24) is 5.32 Å². The monoisotopic (exact) mass is 297 g/mol. The Kier molecular flexibility index (Phi) is 4.81. The van der Waals surface area contributed by atoms with Gasteiger partial charge in [0.15, 0.2) is 0 Å². The number of ether oxygens (including phenoxy) is 1. The molecule has 3 amide bonds. The van der Waals surface area contributed by atoms with Crippen LogP contribution in [0.3, 0.4) is 0 Å². The average molecular weight is 298 g/mol. The van der Waals surface area contributed by atoms with Gasteiger partial charge in [-0.1, -0.05) is 11.6 Å². The van der Waals surface area contributed by atoms with Crippen LogP contribution in [0.2, 0.25) is 5.02 Å². The minimum absolute atomic E-state index is 0.208. The summed E-state index contributed by atoms with van der Waals surface area (Å²) in [6.45, 7) is 2.00. The summed E-state index contributed by atoms with van der Waals surface area (Å²) in [6, 6.07) is 4.22. The third-order valence-electron chi connectivity index (χ3n) is 3.07. The van der Waals surface area contributed by atoms with E-state index < -0.39 is 5.91 Å². The van der Waals surface area contributed by atoms with Gasteiger partial charge in [-0.15, -0.1) is 0 Å². The molecule has 0 bridgehead atoms. The molecule has 1 unspecified atom stereocenters. The topological polar surface area (TPSA) is 93.5 Å². The highest BCUT2D eigenvalue weighted by Gasteiger charge is 2.16. The Morgan fingerprint density at radius 1 is 1.45 bits per heavy atom. The van der Waals surface area contributed by atoms with Crippen LogP contribution >= 0.6 is 11.6 Å². The first-order valence-electron chi connectivity index (χ1n) is 6.28. The maximum absolute atomic E-state index is 11.7. The number of carbonyl (C=O) groups excluding carboxylic acids is 2. The fourth-order valence-electron chi connectivity index (χ4n) is 1.95. The van der Waals surface area contributed by atoms with E-state index in [1.807, 2.05) is 0 Å². The minimum Gasteiger partial charge on any atom is -0.381 e. The van der Waals surface area contributed by atoms with Crippen molar-refractivity contribution in [2.75, 3.05) is 25.1 Å². The predicted octanol–water partition coefficient (Wildman–Crippen LogP) is 1.60. The van der Waals surface area contributed by atoms with Crippen molar-refractivity contribution in [3.05, 3.63) is 28.8 Å². The van der Waals surface area contributed by atoms with Crippen LogP contribution in [0, 0.1) is 5.92 Å². The van der Waals surface area contributed by atoms with Crippen LogP contribution in [0.15, 0.2) is 18.2 Å². The van der Waals surface area contributed by atoms with E-state index >= 15 is 0 Å². The van der Waals surface area contributed by atoms with E-state index in [0.29, 0.717) is 24.8 Å². The predicted molar refractivity (Wildman–Crippen MR) is 75.9 cm³/mol. The summed E-state index contributed by atoms with van der Waals surface area (Å²) in [6.07, 6.45) is 0.958. The van der Waals surface area contributed by atoms with E-state index in [-0.39, 0.29) is 16.6 Å². The van der Waals surface area contributed by atoms with Crippen LogP contribution in [0.5, 0.6) is 0 Å². The van der Waals surface area contributed by atoms with E-state index in [0.717, 1.165) is 13.0 Å². The Labute approximate surface area is 121 Å². The average Bonchev–Trinajstić information content (AvgIpc) is 2.89. The van der Waals surface area contributed by atoms with Gasteiger partial charge in [-0.2, -0.15) is 0 Å². The number of primary amides is 1. The van der Waals surface area contributed by atoms with Gasteiger partial charge in [0.25, 0.3) is 0 Å². The Balaban J connectivity index is 1.87. The van der Waals surface area contributed by atoms with Crippen molar-refractivity contribution in [3.8, 4) is 0 Å². The van der Waals surface area contributed by atoms with Crippen molar-refractivity contribution in [3.63, 3.8) is 0 Å². The molecule has 1 aromatic rings. The number of amides is 3. The van der Waals surface area contributed by atoms with Gasteiger partial charge < -0.3 is 21.1 Å². The van der Waals surface area contributed by atoms with E-state index in [1.54, 1.807) is 6.07 Å². The number of benzene rings is 1. The van der Waals surface area contributed by atoms with Crippen molar-refractivity contribution in [2.45, 2.75) is 6.42 Å². The summed E-state index contributed by atoms with van der Waals surface area (Å²) in [5.74, 6) is -0.242. The van der Waals surface area contributed by atoms with Crippen LogP contribution in [0.1, 0.15) is 16.8 Å². The number of nitrogens with one attached hydrogen (secondary N) is 2. The van der Waals surface area contributed by atoms with Gasteiger partial charge in [0.05, 0.1) is 17.2 Å². The van der Waals surface area contributed by atoms with Crippen LogP contribution < -0.4 is 16.4 Å². The fourth-order valence-corrected chi connectivity index (χ4v) is 2.22. The Morgan fingerprint density at radius 2 is 2.25 bits per heavy atom. The van der Waals surface area contributed by atoms with Crippen LogP contribution in [0.4, 0.5) is 10.5 Å². The lowest BCUT2D eigenvalue weighted by atomic mass is 10.1. The lowest BCUT2D eigenvalue weighted by Gasteiger charge is -2.11. The first-order chi connectivity index (χ1) is 9.56. The molecule has 0 saturated carbocycles. The van der Waals surface area contributed by atoms with Crippen LogP contribution in [-0.4, -0.2) is 31.7 Å². The summed E-state index contributed by atoms with van der Waals surface area (Å²) in [5, 5.41) is 5.62. The summed E-state index contributed by atoms with van der Waals surface area (Å²) in [4.78, 5) is 22.7. The summed E-state index contributed by atoms with van der Waals surface area (Å²) in [7, 11) is 0. The molecule has 1 aromatic carbocycles. The van der Waals surface area contributed by atoms with Gasteiger partial charge in [-0.25, -0.2) is 4.79 Å².